The van der Waals surface area contributed by atoms with Crippen LogP contribution in [0.1, 0.15) is 5.56 Å². The van der Waals surface area contributed by atoms with E-state index < -0.39 is 5.82 Å². The van der Waals surface area contributed by atoms with Crippen LogP contribution in [0.3, 0.4) is 0 Å². The third kappa shape index (κ3) is 2.68. The molecule has 0 amide bonds. The minimum Gasteiger partial charge on any atom is -0.455 e. The fourth-order valence-electron chi connectivity index (χ4n) is 1.37. The second-order valence-corrected chi connectivity index (χ2v) is 4.13. The SMILES string of the molecule is Cc1ccc(Oc2cc(Cl)c(F)cc2N)cc1. The highest BCUT2D eigenvalue weighted by atomic mass is 35.5. The Morgan fingerprint density at radius 1 is 1.18 bits per heavy atom. The summed E-state index contributed by atoms with van der Waals surface area (Å²) in [6.45, 7) is 1.98. The predicted octanol–water partition coefficient (Wildman–Crippen LogP) is 4.16. The van der Waals surface area contributed by atoms with Gasteiger partial charge in [0.05, 0.1) is 10.7 Å². The number of nitrogens with two attached hydrogens (primary N) is 1. The molecule has 2 aromatic carbocycles. The van der Waals surface area contributed by atoms with Gasteiger partial charge in [0, 0.05) is 12.1 Å². The Labute approximate surface area is 104 Å². The van der Waals surface area contributed by atoms with Gasteiger partial charge in [0.15, 0.2) is 5.75 Å². The summed E-state index contributed by atoms with van der Waals surface area (Å²) in [7, 11) is 0. The molecule has 17 heavy (non-hydrogen) atoms. The lowest BCUT2D eigenvalue weighted by Gasteiger charge is -2.09. The molecule has 4 heteroatoms. The van der Waals surface area contributed by atoms with Crippen LogP contribution in [0, 0.1) is 12.7 Å². The van der Waals surface area contributed by atoms with Crippen LogP contribution < -0.4 is 10.5 Å². The Hall–Kier alpha value is -1.74. The van der Waals surface area contributed by atoms with Crippen LogP contribution in [0.5, 0.6) is 11.5 Å². The van der Waals surface area contributed by atoms with Gasteiger partial charge in [0.25, 0.3) is 0 Å². The van der Waals surface area contributed by atoms with Crippen molar-refractivity contribution in [1.82, 2.24) is 0 Å². The highest BCUT2D eigenvalue weighted by molar-refractivity contribution is 6.31. The molecule has 0 fully saturated rings. The maximum atomic E-state index is 13.1. The monoisotopic (exact) mass is 251 g/mol. The zero-order valence-electron chi connectivity index (χ0n) is 9.21. The lowest BCUT2D eigenvalue weighted by atomic mass is 10.2. The van der Waals surface area contributed by atoms with Crippen molar-refractivity contribution in [2.45, 2.75) is 6.92 Å². The van der Waals surface area contributed by atoms with Gasteiger partial charge in [-0.1, -0.05) is 29.3 Å². The van der Waals surface area contributed by atoms with E-state index in [-0.39, 0.29) is 10.7 Å². The smallest absolute Gasteiger partial charge is 0.151 e. The number of aryl methyl sites for hydroxylation is 1. The van der Waals surface area contributed by atoms with Gasteiger partial charge in [0.1, 0.15) is 11.6 Å². The predicted molar refractivity (Wildman–Crippen MR) is 67.1 cm³/mol. The molecule has 0 aromatic heterocycles. The second-order valence-electron chi connectivity index (χ2n) is 3.72. The fourth-order valence-corrected chi connectivity index (χ4v) is 1.52. The number of halogens is 2. The molecule has 0 bridgehead atoms. The molecule has 2 nitrogen and oxygen atoms in total. The van der Waals surface area contributed by atoms with Crippen LogP contribution in [0.4, 0.5) is 10.1 Å². The van der Waals surface area contributed by atoms with Gasteiger partial charge < -0.3 is 10.5 Å². The largest absolute Gasteiger partial charge is 0.455 e. The Bertz CT molecular complexity index is 540. The van der Waals surface area contributed by atoms with Crippen molar-refractivity contribution in [3.05, 3.63) is 52.8 Å². The summed E-state index contributed by atoms with van der Waals surface area (Å²) >= 11 is 5.67. The molecule has 2 N–H and O–H groups in total. The van der Waals surface area contributed by atoms with Crippen molar-refractivity contribution >= 4 is 17.3 Å². The van der Waals surface area contributed by atoms with E-state index in [0.29, 0.717) is 11.5 Å². The summed E-state index contributed by atoms with van der Waals surface area (Å²) in [6.07, 6.45) is 0. The maximum absolute atomic E-state index is 13.1. The molecule has 0 radical (unpaired) electrons. The van der Waals surface area contributed by atoms with Crippen molar-refractivity contribution in [2.75, 3.05) is 5.73 Å². The molecule has 0 saturated carbocycles. The molecule has 0 heterocycles. The summed E-state index contributed by atoms with van der Waals surface area (Å²) in [4.78, 5) is 0. The standard InChI is InChI=1S/C13H11ClFNO/c1-8-2-4-9(5-3-8)17-13-6-10(14)11(15)7-12(13)16/h2-7H,16H2,1H3. The molecule has 2 aromatic rings. The topological polar surface area (TPSA) is 35.2 Å². The molecular weight excluding hydrogens is 241 g/mol. The van der Waals surface area contributed by atoms with E-state index in [0.717, 1.165) is 11.6 Å². The molecule has 0 aliphatic carbocycles. The average molecular weight is 252 g/mol. The fraction of sp³-hybridized carbons (Fsp3) is 0.0769. The summed E-state index contributed by atoms with van der Waals surface area (Å²) in [6, 6.07) is 9.96. The summed E-state index contributed by atoms with van der Waals surface area (Å²) in [5.41, 5.74) is 6.99. The van der Waals surface area contributed by atoms with Gasteiger partial charge in [-0.25, -0.2) is 4.39 Å². The first-order chi connectivity index (χ1) is 8.06. The molecule has 0 unspecified atom stereocenters. The molecule has 0 aliphatic rings. The third-order valence-corrected chi connectivity index (χ3v) is 2.59. The van der Waals surface area contributed by atoms with Crippen LogP contribution in [-0.2, 0) is 0 Å². The van der Waals surface area contributed by atoms with Gasteiger partial charge in [0.2, 0.25) is 0 Å². The minimum absolute atomic E-state index is 0.0127. The van der Waals surface area contributed by atoms with E-state index in [1.54, 1.807) is 0 Å². The summed E-state index contributed by atoms with van der Waals surface area (Å²) in [5.74, 6) is 0.422. The van der Waals surface area contributed by atoms with Gasteiger partial charge in [-0.15, -0.1) is 0 Å². The van der Waals surface area contributed by atoms with E-state index >= 15 is 0 Å². The van der Waals surface area contributed by atoms with Crippen LogP contribution >= 0.6 is 11.6 Å². The summed E-state index contributed by atoms with van der Waals surface area (Å²) in [5, 5.41) is -0.0127. The Balaban J connectivity index is 2.30. The first-order valence-corrected chi connectivity index (χ1v) is 5.43. The zero-order valence-corrected chi connectivity index (χ0v) is 9.96. The van der Waals surface area contributed by atoms with E-state index in [9.17, 15) is 4.39 Å². The zero-order chi connectivity index (χ0) is 12.4. The van der Waals surface area contributed by atoms with Crippen molar-refractivity contribution in [2.24, 2.45) is 0 Å². The van der Waals surface area contributed by atoms with Crippen LogP contribution in [0.25, 0.3) is 0 Å². The highest BCUT2D eigenvalue weighted by Crippen LogP contribution is 2.32. The number of ether oxygens (including phenoxy) is 1. The average Bonchev–Trinajstić information content (AvgIpc) is 2.29. The molecule has 0 aliphatic heterocycles. The van der Waals surface area contributed by atoms with E-state index in [2.05, 4.69) is 0 Å². The van der Waals surface area contributed by atoms with E-state index in [4.69, 9.17) is 22.1 Å². The van der Waals surface area contributed by atoms with E-state index in [1.165, 1.54) is 6.07 Å². The number of rotatable bonds is 2. The Morgan fingerprint density at radius 2 is 1.82 bits per heavy atom. The highest BCUT2D eigenvalue weighted by Gasteiger charge is 2.08. The van der Waals surface area contributed by atoms with Gasteiger partial charge in [-0.2, -0.15) is 0 Å². The summed E-state index contributed by atoms with van der Waals surface area (Å²) < 4.78 is 18.6. The molecule has 88 valence electrons. The first-order valence-electron chi connectivity index (χ1n) is 5.05. The van der Waals surface area contributed by atoms with Crippen molar-refractivity contribution in [1.29, 1.82) is 0 Å². The van der Waals surface area contributed by atoms with Gasteiger partial charge in [-0.3, -0.25) is 0 Å². The number of benzene rings is 2. The second kappa shape index (κ2) is 4.63. The maximum Gasteiger partial charge on any atom is 0.151 e. The molecular formula is C13H11ClFNO. The third-order valence-electron chi connectivity index (χ3n) is 2.30. The van der Waals surface area contributed by atoms with Crippen molar-refractivity contribution < 1.29 is 9.13 Å². The van der Waals surface area contributed by atoms with E-state index in [1.807, 2.05) is 31.2 Å². The van der Waals surface area contributed by atoms with Gasteiger partial charge >= 0.3 is 0 Å². The number of anilines is 1. The normalized spacial score (nSPS) is 10.3. The van der Waals surface area contributed by atoms with Crippen molar-refractivity contribution in [3.8, 4) is 11.5 Å². The van der Waals surface area contributed by atoms with Crippen molar-refractivity contribution in [3.63, 3.8) is 0 Å². The lowest BCUT2D eigenvalue weighted by molar-refractivity contribution is 0.483. The quantitative estimate of drug-likeness (QED) is 0.814. The molecule has 0 saturated heterocycles. The Morgan fingerprint density at radius 3 is 2.47 bits per heavy atom. The van der Waals surface area contributed by atoms with Gasteiger partial charge in [-0.05, 0) is 19.1 Å². The molecule has 2 rings (SSSR count). The Kier molecular flexibility index (Phi) is 3.20. The molecule has 0 atom stereocenters. The van der Waals surface area contributed by atoms with Crippen LogP contribution in [0.2, 0.25) is 5.02 Å². The molecule has 0 spiro atoms. The number of hydrogen-bond donors (Lipinski definition) is 1. The van der Waals surface area contributed by atoms with Crippen LogP contribution in [0.15, 0.2) is 36.4 Å². The first kappa shape index (κ1) is 11.7. The minimum atomic E-state index is -0.555. The lowest BCUT2D eigenvalue weighted by Crippen LogP contribution is -1.94. The number of hydrogen-bond acceptors (Lipinski definition) is 2. The van der Waals surface area contributed by atoms with Crippen LogP contribution in [-0.4, -0.2) is 0 Å². The number of nitrogen functional groups attached to an aromatic ring is 1.